The fourth-order valence-corrected chi connectivity index (χ4v) is 3.57. The standard InChI is InChI=1S/C21H16F5N5O2.CH4.H2S/c1-10-9-30(12-3-4-14(15(22)5-12)21(24,25)26)20(33)18-13(6-28-31(10)18)19(32)29-17-8-27-7-16(23)11(17)2;;/h3-8,10H,9H2,1-2H3,(H,29,32);1H4;1H2/t10-;;/m0../s1. The van der Waals surface area contributed by atoms with Gasteiger partial charge in [0, 0.05) is 17.8 Å². The molecule has 35 heavy (non-hydrogen) atoms. The van der Waals surface area contributed by atoms with E-state index in [9.17, 15) is 31.5 Å². The van der Waals surface area contributed by atoms with Crippen LogP contribution in [0.5, 0.6) is 0 Å². The lowest BCUT2D eigenvalue weighted by Crippen LogP contribution is -2.43. The summed E-state index contributed by atoms with van der Waals surface area (Å²) in [5, 5.41) is 6.55. The number of nitrogens with zero attached hydrogens (tertiary/aromatic N) is 4. The predicted molar refractivity (Wildman–Crippen MR) is 124 cm³/mol. The van der Waals surface area contributed by atoms with Gasteiger partial charge in [-0.3, -0.25) is 19.3 Å². The molecule has 0 aliphatic carbocycles. The van der Waals surface area contributed by atoms with Crippen molar-refractivity contribution in [2.24, 2.45) is 0 Å². The van der Waals surface area contributed by atoms with Gasteiger partial charge < -0.3 is 10.2 Å². The Kier molecular flexibility index (Phi) is 7.95. The van der Waals surface area contributed by atoms with E-state index in [1.54, 1.807) is 6.92 Å². The second-order valence-electron chi connectivity index (χ2n) is 7.53. The Morgan fingerprint density at radius 1 is 1.14 bits per heavy atom. The number of hydrogen-bond acceptors (Lipinski definition) is 4. The molecule has 3 heterocycles. The van der Waals surface area contributed by atoms with E-state index in [2.05, 4.69) is 15.4 Å². The van der Waals surface area contributed by atoms with Crippen LogP contribution in [0.15, 0.2) is 36.8 Å². The first-order chi connectivity index (χ1) is 15.5. The van der Waals surface area contributed by atoms with Gasteiger partial charge in [-0.1, -0.05) is 7.43 Å². The Hall–Kier alpha value is -3.48. The maximum Gasteiger partial charge on any atom is 0.419 e. The number of anilines is 2. The summed E-state index contributed by atoms with van der Waals surface area (Å²) >= 11 is 0. The van der Waals surface area contributed by atoms with Gasteiger partial charge in [-0.05, 0) is 32.0 Å². The third-order valence-corrected chi connectivity index (χ3v) is 5.32. The third kappa shape index (κ3) is 4.99. The molecular formula is C22H22F5N5O2S. The molecule has 0 fully saturated rings. The normalized spacial score (nSPS) is 15.1. The highest BCUT2D eigenvalue weighted by atomic mass is 32.1. The molecule has 1 N–H and O–H groups in total. The number of benzene rings is 1. The van der Waals surface area contributed by atoms with Crippen molar-refractivity contribution in [1.29, 1.82) is 0 Å². The molecule has 2 amide bonds. The van der Waals surface area contributed by atoms with E-state index in [-0.39, 0.29) is 55.7 Å². The maximum absolute atomic E-state index is 14.1. The molecule has 1 aliphatic rings. The topological polar surface area (TPSA) is 80.1 Å². The zero-order valence-corrected chi connectivity index (χ0v) is 18.7. The van der Waals surface area contributed by atoms with E-state index in [0.29, 0.717) is 12.1 Å². The van der Waals surface area contributed by atoms with Crippen molar-refractivity contribution in [3.8, 4) is 0 Å². The number of aromatic nitrogens is 3. The Bertz CT molecular complexity index is 1280. The monoisotopic (exact) mass is 515 g/mol. The third-order valence-electron chi connectivity index (χ3n) is 5.32. The van der Waals surface area contributed by atoms with E-state index >= 15 is 0 Å². The van der Waals surface area contributed by atoms with Crippen LogP contribution >= 0.6 is 13.5 Å². The van der Waals surface area contributed by atoms with Gasteiger partial charge in [0.25, 0.3) is 11.8 Å². The van der Waals surface area contributed by atoms with Crippen molar-refractivity contribution >= 4 is 36.7 Å². The molecule has 1 aliphatic heterocycles. The minimum absolute atomic E-state index is 0. The van der Waals surface area contributed by atoms with Gasteiger partial charge in [-0.2, -0.15) is 31.8 Å². The molecule has 13 heteroatoms. The Morgan fingerprint density at radius 2 is 1.83 bits per heavy atom. The fourth-order valence-electron chi connectivity index (χ4n) is 3.57. The number of nitrogens with one attached hydrogen (secondary N) is 1. The lowest BCUT2D eigenvalue weighted by atomic mass is 10.1. The second-order valence-corrected chi connectivity index (χ2v) is 7.53. The van der Waals surface area contributed by atoms with E-state index in [1.807, 2.05) is 0 Å². The van der Waals surface area contributed by atoms with Crippen LogP contribution in [-0.2, 0) is 6.18 Å². The average molecular weight is 516 g/mol. The van der Waals surface area contributed by atoms with Gasteiger partial charge in [0.1, 0.15) is 17.3 Å². The number of fused-ring (bicyclic) bond motifs is 1. The predicted octanol–water partition coefficient (Wildman–Crippen LogP) is 5.11. The first-order valence-electron chi connectivity index (χ1n) is 9.66. The van der Waals surface area contributed by atoms with Gasteiger partial charge in [-0.15, -0.1) is 0 Å². The van der Waals surface area contributed by atoms with Gasteiger partial charge in [0.15, 0.2) is 0 Å². The van der Waals surface area contributed by atoms with Gasteiger partial charge in [0.2, 0.25) is 0 Å². The number of hydrogen-bond donors (Lipinski definition) is 1. The number of carbonyl (C=O) groups excluding carboxylic acids is 2. The van der Waals surface area contributed by atoms with Crippen LogP contribution in [-0.4, -0.2) is 33.1 Å². The number of pyridine rings is 1. The van der Waals surface area contributed by atoms with Crippen molar-refractivity contribution in [3.05, 3.63) is 70.8 Å². The largest absolute Gasteiger partial charge is 0.419 e. The Balaban J connectivity index is 0.00000216. The van der Waals surface area contributed by atoms with E-state index in [0.717, 1.165) is 23.4 Å². The van der Waals surface area contributed by atoms with Crippen LogP contribution in [0.4, 0.5) is 33.3 Å². The van der Waals surface area contributed by atoms with Crippen molar-refractivity contribution in [2.45, 2.75) is 33.5 Å². The van der Waals surface area contributed by atoms with E-state index in [1.165, 1.54) is 17.8 Å². The molecule has 1 aromatic carbocycles. The summed E-state index contributed by atoms with van der Waals surface area (Å²) in [5.41, 5.74) is -1.57. The second kappa shape index (κ2) is 10.0. The molecule has 0 saturated carbocycles. The highest BCUT2D eigenvalue weighted by Crippen LogP contribution is 2.35. The molecule has 1 atom stereocenters. The Labute approximate surface area is 204 Å². The fraction of sp³-hybridized carbons (Fsp3) is 0.273. The molecule has 0 unspecified atom stereocenters. The van der Waals surface area contributed by atoms with E-state index < -0.39 is 41.2 Å². The zero-order valence-electron chi connectivity index (χ0n) is 17.7. The molecule has 0 radical (unpaired) electrons. The van der Waals surface area contributed by atoms with Gasteiger partial charge in [-0.25, -0.2) is 8.78 Å². The molecule has 0 saturated heterocycles. The average Bonchev–Trinajstić information content (AvgIpc) is 3.19. The van der Waals surface area contributed by atoms with Crippen LogP contribution in [0.3, 0.4) is 0 Å². The quantitative estimate of drug-likeness (QED) is 0.492. The number of rotatable bonds is 3. The minimum Gasteiger partial charge on any atom is -0.320 e. The molecule has 188 valence electrons. The highest BCUT2D eigenvalue weighted by molar-refractivity contribution is 7.59. The molecule has 2 aromatic heterocycles. The Morgan fingerprint density at radius 3 is 2.46 bits per heavy atom. The van der Waals surface area contributed by atoms with Crippen molar-refractivity contribution in [1.82, 2.24) is 14.8 Å². The summed E-state index contributed by atoms with van der Waals surface area (Å²) in [6.07, 6.45) is -1.49. The molecule has 4 rings (SSSR count). The van der Waals surface area contributed by atoms with Crippen LogP contribution in [0, 0.1) is 18.6 Å². The summed E-state index contributed by atoms with van der Waals surface area (Å²) < 4.78 is 67.8. The summed E-state index contributed by atoms with van der Waals surface area (Å²) in [6.45, 7) is 3.11. The number of carbonyl (C=O) groups is 2. The number of alkyl halides is 3. The molecule has 3 aromatic rings. The minimum atomic E-state index is -4.88. The lowest BCUT2D eigenvalue weighted by Gasteiger charge is -2.32. The van der Waals surface area contributed by atoms with Crippen LogP contribution in [0.1, 0.15) is 52.4 Å². The summed E-state index contributed by atoms with van der Waals surface area (Å²) in [5.74, 6) is -3.66. The van der Waals surface area contributed by atoms with Crippen molar-refractivity contribution in [2.75, 3.05) is 16.8 Å². The SMILES string of the molecule is C.Cc1c(F)cncc1NC(=O)c1cnn2c1C(=O)N(c1ccc(C(F)(F)F)c(F)c1)C[C@@H]2C.S. The molecule has 0 spiro atoms. The first kappa shape index (κ1) is 27.8. The smallest absolute Gasteiger partial charge is 0.320 e. The number of amides is 2. The van der Waals surface area contributed by atoms with Crippen molar-refractivity contribution < 1.29 is 31.5 Å². The van der Waals surface area contributed by atoms with Crippen LogP contribution < -0.4 is 10.2 Å². The van der Waals surface area contributed by atoms with Crippen LogP contribution in [0.25, 0.3) is 0 Å². The summed E-state index contributed by atoms with van der Waals surface area (Å²) in [6, 6.07) is 1.70. The molecule has 7 nitrogen and oxygen atoms in total. The lowest BCUT2D eigenvalue weighted by molar-refractivity contribution is -0.139. The summed E-state index contributed by atoms with van der Waals surface area (Å²) in [7, 11) is 0. The van der Waals surface area contributed by atoms with E-state index in [4.69, 9.17) is 0 Å². The van der Waals surface area contributed by atoms with Crippen molar-refractivity contribution in [3.63, 3.8) is 0 Å². The maximum atomic E-state index is 14.1. The molecular weight excluding hydrogens is 493 g/mol. The molecule has 0 bridgehead atoms. The zero-order chi connectivity index (χ0) is 24.1. The highest BCUT2D eigenvalue weighted by Gasteiger charge is 2.37. The summed E-state index contributed by atoms with van der Waals surface area (Å²) in [4.78, 5) is 30.8. The first-order valence-corrected chi connectivity index (χ1v) is 9.66. The van der Waals surface area contributed by atoms with Crippen LogP contribution in [0.2, 0.25) is 0 Å². The van der Waals surface area contributed by atoms with Gasteiger partial charge in [0.05, 0.1) is 41.4 Å². The number of halogens is 5. The van der Waals surface area contributed by atoms with Gasteiger partial charge >= 0.3 is 6.18 Å².